The van der Waals surface area contributed by atoms with Crippen LogP contribution in [-0.4, -0.2) is 6.54 Å². The SMILES string of the molecule is C=C(NCC(C)C(C)(C)CCCCC)C(C)C. The van der Waals surface area contributed by atoms with Crippen LogP contribution in [0.3, 0.4) is 0 Å². The van der Waals surface area contributed by atoms with E-state index >= 15 is 0 Å². The minimum atomic E-state index is 0.430. The molecule has 0 bridgehead atoms. The molecule has 0 aliphatic heterocycles. The highest BCUT2D eigenvalue weighted by Crippen LogP contribution is 2.32. The first-order valence-corrected chi connectivity index (χ1v) is 7.24. The van der Waals surface area contributed by atoms with Gasteiger partial charge in [0.2, 0.25) is 0 Å². The number of nitrogens with one attached hydrogen (secondary N) is 1. The first-order chi connectivity index (χ1) is 7.81. The third kappa shape index (κ3) is 6.75. The van der Waals surface area contributed by atoms with Crippen molar-refractivity contribution < 1.29 is 0 Å². The average Bonchev–Trinajstić information content (AvgIpc) is 2.25. The van der Waals surface area contributed by atoms with E-state index < -0.39 is 0 Å². The van der Waals surface area contributed by atoms with Gasteiger partial charge in [0.1, 0.15) is 0 Å². The number of allylic oxidation sites excluding steroid dienone is 1. The number of hydrogen-bond donors (Lipinski definition) is 1. The van der Waals surface area contributed by atoms with Gasteiger partial charge >= 0.3 is 0 Å². The third-order valence-corrected chi connectivity index (χ3v) is 4.09. The standard InChI is InChI=1S/C16H33N/c1-8-9-10-11-16(6,7)14(4)12-17-15(5)13(2)3/h13-14,17H,5,8-12H2,1-4,6-7H3. The zero-order valence-corrected chi connectivity index (χ0v) is 12.9. The molecule has 102 valence electrons. The minimum Gasteiger partial charge on any atom is -0.388 e. The van der Waals surface area contributed by atoms with Crippen LogP contribution in [0, 0.1) is 17.3 Å². The van der Waals surface area contributed by atoms with E-state index in [1.807, 2.05) is 0 Å². The molecule has 0 amide bonds. The maximum atomic E-state index is 4.07. The van der Waals surface area contributed by atoms with Crippen LogP contribution in [-0.2, 0) is 0 Å². The Labute approximate surface area is 109 Å². The molecule has 0 saturated carbocycles. The van der Waals surface area contributed by atoms with Gasteiger partial charge in [-0.25, -0.2) is 0 Å². The Hall–Kier alpha value is -0.460. The van der Waals surface area contributed by atoms with Crippen molar-refractivity contribution in [3.63, 3.8) is 0 Å². The molecule has 0 aromatic carbocycles. The van der Waals surface area contributed by atoms with Gasteiger partial charge in [-0.1, -0.05) is 67.4 Å². The van der Waals surface area contributed by atoms with Crippen molar-refractivity contribution in [3.8, 4) is 0 Å². The first kappa shape index (κ1) is 16.5. The molecule has 0 aromatic rings. The lowest BCUT2D eigenvalue weighted by Crippen LogP contribution is -2.32. The molecule has 0 spiro atoms. The van der Waals surface area contributed by atoms with E-state index in [9.17, 15) is 0 Å². The zero-order valence-electron chi connectivity index (χ0n) is 12.9. The van der Waals surface area contributed by atoms with E-state index in [2.05, 4.69) is 53.4 Å². The van der Waals surface area contributed by atoms with Crippen LogP contribution >= 0.6 is 0 Å². The van der Waals surface area contributed by atoms with E-state index in [1.165, 1.54) is 31.4 Å². The van der Waals surface area contributed by atoms with Gasteiger partial charge in [0.15, 0.2) is 0 Å². The maximum Gasteiger partial charge on any atom is 0.0174 e. The lowest BCUT2D eigenvalue weighted by atomic mass is 9.76. The Morgan fingerprint density at radius 1 is 1.18 bits per heavy atom. The summed E-state index contributed by atoms with van der Waals surface area (Å²) in [5, 5.41) is 3.48. The van der Waals surface area contributed by atoms with Gasteiger partial charge in [-0.2, -0.15) is 0 Å². The Balaban J connectivity index is 4.01. The summed E-state index contributed by atoms with van der Waals surface area (Å²) in [5.74, 6) is 1.22. The highest BCUT2D eigenvalue weighted by atomic mass is 14.9. The second-order valence-electron chi connectivity index (χ2n) is 6.41. The molecule has 0 aliphatic rings. The highest BCUT2D eigenvalue weighted by molar-refractivity contribution is 4.95. The molecule has 17 heavy (non-hydrogen) atoms. The summed E-state index contributed by atoms with van der Waals surface area (Å²) in [4.78, 5) is 0. The number of hydrogen-bond acceptors (Lipinski definition) is 1. The van der Waals surface area contributed by atoms with Crippen molar-refractivity contribution in [1.82, 2.24) is 5.32 Å². The highest BCUT2D eigenvalue weighted by Gasteiger charge is 2.25. The van der Waals surface area contributed by atoms with Gasteiger partial charge in [0.05, 0.1) is 0 Å². The summed E-state index contributed by atoms with van der Waals surface area (Å²) in [7, 11) is 0. The van der Waals surface area contributed by atoms with Crippen molar-refractivity contribution in [2.75, 3.05) is 6.54 Å². The van der Waals surface area contributed by atoms with Crippen LogP contribution in [0.4, 0.5) is 0 Å². The maximum absolute atomic E-state index is 4.07. The van der Waals surface area contributed by atoms with Crippen LogP contribution in [0.2, 0.25) is 0 Å². The molecule has 1 atom stereocenters. The van der Waals surface area contributed by atoms with Crippen LogP contribution in [0.1, 0.15) is 67.2 Å². The van der Waals surface area contributed by atoms with Crippen molar-refractivity contribution >= 4 is 0 Å². The van der Waals surface area contributed by atoms with Gasteiger partial charge in [-0.3, -0.25) is 0 Å². The van der Waals surface area contributed by atoms with Crippen LogP contribution in [0.15, 0.2) is 12.3 Å². The third-order valence-electron chi connectivity index (χ3n) is 4.09. The number of rotatable bonds is 9. The Morgan fingerprint density at radius 2 is 1.76 bits per heavy atom. The van der Waals surface area contributed by atoms with E-state index in [-0.39, 0.29) is 0 Å². The summed E-state index contributed by atoms with van der Waals surface area (Å²) in [6, 6.07) is 0. The fraction of sp³-hybridized carbons (Fsp3) is 0.875. The minimum absolute atomic E-state index is 0.430. The zero-order chi connectivity index (χ0) is 13.5. The predicted molar refractivity (Wildman–Crippen MR) is 79.1 cm³/mol. The second kappa shape index (κ2) is 7.79. The molecule has 0 heterocycles. The topological polar surface area (TPSA) is 12.0 Å². The summed E-state index contributed by atoms with van der Waals surface area (Å²) in [6.07, 6.45) is 5.37. The van der Waals surface area contributed by atoms with Crippen molar-refractivity contribution in [2.24, 2.45) is 17.3 Å². The van der Waals surface area contributed by atoms with E-state index in [4.69, 9.17) is 0 Å². The average molecular weight is 239 g/mol. The molecule has 1 heteroatoms. The second-order valence-corrected chi connectivity index (χ2v) is 6.41. The Morgan fingerprint density at radius 3 is 2.24 bits per heavy atom. The molecule has 1 nitrogen and oxygen atoms in total. The van der Waals surface area contributed by atoms with Gasteiger partial charge in [-0.05, 0) is 23.7 Å². The quantitative estimate of drug-likeness (QED) is 0.559. The van der Waals surface area contributed by atoms with Crippen molar-refractivity contribution in [2.45, 2.75) is 67.2 Å². The van der Waals surface area contributed by atoms with Gasteiger partial charge < -0.3 is 5.32 Å². The van der Waals surface area contributed by atoms with E-state index in [1.54, 1.807) is 0 Å². The molecule has 0 aliphatic carbocycles. The number of unbranched alkanes of at least 4 members (excludes halogenated alkanes) is 2. The fourth-order valence-corrected chi connectivity index (χ4v) is 1.84. The Bertz CT molecular complexity index is 216. The largest absolute Gasteiger partial charge is 0.388 e. The van der Waals surface area contributed by atoms with Gasteiger partial charge in [-0.15, -0.1) is 0 Å². The molecule has 1 unspecified atom stereocenters. The molecule has 0 saturated heterocycles. The Kier molecular flexibility index (Phi) is 7.58. The summed E-state index contributed by atoms with van der Waals surface area (Å²) < 4.78 is 0. The van der Waals surface area contributed by atoms with E-state index in [0.717, 1.165) is 6.54 Å². The molecular weight excluding hydrogens is 206 g/mol. The molecule has 0 fully saturated rings. The lowest BCUT2D eigenvalue weighted by molar-refractivity contribution is 0.202. The fourth-order valence-electron chi connectivity index (χ4n) is 1.84. The van der Waals surface area contributed by atoms with Crippen LogP contribution in [0.25, 0.3) is 0 Å². The normalized spacial score (nSPS) is 13.8. The first-order valence-electron chi connectivity index (χ1n) is 7.24. The van der Waals surface area contributed by atoms with Crippen LogP contribution < -0.4 is 5.32 Å². The van der Waals surface area contributed by atoms with Crippen molar-refractivity contribution in [1.29, 1.82) is 0 Å². The smallest absolute Gasteiger partial charge is 0.0174 e. The summed E-state index contributed by atoms with van der Waals surface area (Å²) in [5.41, 5.74) is 1.60. The lowest BCUT2D eigenvalue weighted by Gasteiger charge is -2.33. The van der Waals surface area contributed by atoms with Crippen molar-refractivity contribution in [3.05, 3.63) is 12.3 Å². The molecule has 0 rings (SSSR count). The van der Waals surface area contributed by atoms with Crippen LogP contribution in [0.5, 0.6) is 0 Å². The summed E-state index contributed by atoms with van der Waals surface area (Å²) >= 11 is 0. The molecule has 0 radical (unpaired) electrons. The van der Waals surface area contributed by atoms with Gasteiger partial charge in [0.25, 0.3) is 0 Å². The molecular formula is C16H33N. The monoisotopic (exact) mass is 239 g/mol. The van der Waals surface area contributed by atoms with Gasteiger partial charge in [0, 0.05) is 12.2 Å². The predicted octanol–water partition coefficient (Wildman–Crippen LogP) is 4.99. The van der Waals surface area contributed by atoms with E-state index in [0.29, 0.717) is 17.3 Å². The summed E-state index contributed by atoms with van der Waals surface area (Å²) in [6.45, 7) is 18.9. The molecule has 1 N–H and O–H groups in total. The molecule has 0 aromatic heterocycles.